The van der Waals surface area contributed by atoms with Crippen molar-refractivity contribution in [3.8, 4) is 0 Å². The van der Waals surface area contributed by atoms with E-state index in [0.29, 0.717) is 0 Å². The highest BCUT2D eigenvalue weighted by molar-refractivity contribution is 6.89. The van der Waals surface area contributed by atoms with E-state index in [1.54, 1.807) is 0 Å². The molecule has 0 aromatic heterocycles. The molecule has 0 saturated carbocycles. The second-order valence-corrected chi connectivity index (χ2v) is 1.37. The third-order valence-electron chi connectivity index (χ3n) is 0.489. The summed E-state index contributed by atoms with van der Waals surface area (Å²) in [5, 5.41) is 6.65. The molecule has 0 heterocycles. The summed E-state index contributed by atoms with van der Waals surface area (Å²) in [5.74, 6) is -1.66. The Morgan fingerprint density at radius 1 is 1.56 bits per heavy atom. The van der Waals surface area contributed by atoms with E-state index in [1.165, 1.54) is 0 Å². The minimum atomic E-state index is -1.66. The average molecular weight is 149 g/mol. The zero-order valence-electron chi connectivity index (χ0n) is 4.04. The van der Waals surface area contributed by atoms with Crippen LogP contribution < -0.4 is 0 Å². The van der Waals surface area contributed by atoms with Crippen molar-refractivity contribution in [2.45, 2.75) is 0 Å². The van der Waals surface area contributed by atoms with E-state index in [9.17, 15) is 9.59 Å². The Balaban J connectivity index is 4.59. The van der Waals surface area contributed by atoms with Crippen LogP contribution in [0.4, 0.5) is 0 Å². The van der Waals surface area contributed by atoms with Crippen LogP contribution in [0.2, 0.25) is 0 Å². The van der Waals surface area contributed by atoms with Gasteiger partial charge < -0.3 is 10.6 Å². The highest BCUT2D eigenvalue weighted by Crippen LogP contribution is 1.81. The minimum absolute atomic E-state index is 1.09. The van der Waals surface area contributed by atoms with Crippen LogP contribution in [0, 0.1) is 0 Å². The van der Waals surface area contributed by atoms with Crippen LogP contribution >= 0.6 is 11.6 Å². The lowest BCUT2D eigenvalue weighted by Gasteiger charge is -1.75. The Labute approximate surface area is 54.5 Å². The summed E-state index contributed by atoms with van der Waals surface area (Å²) in [5.41, 5.74) is 6.68. The standard InChI is InChI=1S/C3HClN2O3/c4-2(7)1(6-5)3(8)9/h(H,8,9). The first-order valence-electron chi connectivity index (χ1n) is 1.74. The third-order valence-corrected chi connectivity index (χ3v) is 0.668. The second-order valence-electron chi connectivity index (χ2n) is 1.03. The number of rotatable bonds is 2. The predicted octanol–water partition coefficient (Wildman–Crippen LogP) is -0.493. The van der Waals surface area contributed by atoms with Crippen LogP contribution in [0.5, 0.6) is 0 Å². The van der Waals surface area contributed by atoms with Gasteiger partial charge in [0, 0.05) is 0 Å². The molecule has 0 bridgehead atoms. The summed E-state index contributed by atoms with van der Waals surface area (Å²) in [4.78, 5) is 21.8. The average Bonchev–Trinajstić information content (AvgIpc) is 1.64. The predicted molar refractivity (Wildman–Crippen MR) is 27.1 cm³/mol. The molecule has 1 N–H and O–H groups in total. The van der Waals surface area contributed by atoms with E-state index in [0.717, 1.165) is 0 Å². The molecule has 9 heavy (non-hydrogen) atoms. The monoisotopic (exact) mass is 148 g/mol. The Morgan fingerprint density at radius 3 is 2.00 bits per heavy atom. The highest BCUT2D eigenvalue weighted by atomic mass is 35.5. The summed E-state index contributed by atoms with van der Waals surface area (Å²) in [6.07, 6.45) is 0. The maximum absolute atomic E-state index is 9.91. The van der Waals surface area contributed by atoms with Gasteiger partial charge in [-0.25, -0.2) is 4.79 Å². The zero-order chi connectivity index (χ0) is 7.44. The topological polar surface area (TPSA) is 90.8 Å². The Hall–Kier alpha value is -1.19. The van der Waals surface area contributed by atoms with Crippen LogP contribution in [0.3, 0.4) is 0 Å². The molecule has 0 fully saturated rings. The number of carboxylic acids is 1. The number of hydrogen-bond donors (Lipinski definition) is 1. The number of carboxylic acid groups (broad SMARTS) is 1. The van der Waals surface area contributed by atoms with Gasteiger partial charge in [0.05, 0.1) is 0 Å². The van der Waals surface area contributed by atoms with Gasteiger partial charge in [-0.2, -0.15) is 4.79 Å². The van der Waals surface area contributed by atoms with Crippen molar-refractivity contribution >= 4 is 28.5 Å². The Morgan fingerprint density at radius 2 is 2.00 bits per heavy atom. The van der Waals surface area contributed by atoms with Gasteiger partial charge in [0.2, 0.25) is 0 Å². The first-order chi connectivity index (χ1) is 4.09. The van der Waals surface area contributed by atoms with Gasteiger partial charge in [-0.05, 0) is 11.6 Å². The molecule has 0 aromatic rings. The van der Waals surface area contributed by atoms with Crippen LogP contribution in [0.25, 0.3) is 5.53 Å². The van der Waals surface area contributed by atoms with Crippen LogP contribution in [0.15, 0.2) is 0 Å². The van der Waals surface area contributed by atoms with Gasteiger partial charge in [0.25, 0.3) is 0 Å². The van der Waals surface area contributed by atoms with Crippen LogP contribution in [-0.2, 0) is 9.59 Å². The number of nitrogens with zero attached hydrogens (tertiary/aromatic N) is 2. The fourth-order valence-corrected chi connectivity index (χ4v) is 0.285. The zero-order valence-corrected chi connectivity index (χ0v) is 4.79. The summed E-state index contributed by atoms with van der Waals surface area (Å²) in [7, 11) is 0. The molecule has 0 aliphatic carbocycles. The normalized spacial score (nSPS) is 7.67. The lowest BCUT2D eigenvalue weighted by Crippen LogP contribution is -2.20. The molecular formula is C3HClN2O3. The number of aliphatic carboxylic acids is 1. The first-order valence-corrected chi connectivity index (χ1v) is 2.12. The van der Waals surface area contributed by atoms with Crippen molar-refractivity contribution < 1.29 is 19.5 Å². The molecule has 0 aliphatic heterocycles. The molecule has 5 nitrogen and oxygen atoms in total. The van der Waals surface area contributed by atoms with Crippen molar-refractivity contribution in [3.63, 3.8) is 0 Å². The van der Waals surface area contributed by atoms with Crippen LogP contribution in [-0.4, -0.2) is 26.8 Å². The molecular weight excluding hydrogens is 147 g/mol. The quantitative estimate of drug-likeness (QED) is 0.188. The van der Waals surface area contributed by atoms with Crippen molar-refractivity contribution in [1.29, 1.82) is 0 Å². The van der Waals surface area contributed by atoms with Crippen molar-refractivity contribution in [3.05, 3.63) is 5.53 Å². The molecule has 0 amide bonds. The maximum atomic E-state index is 9.91. The van der Waals surface area contributed by atoms with Crippen LogP contribution in [0.1, 0.15) is 0 Å². The summed E-state index contributed by atoms with van der Waals surface area (Å²) in [6.45, 7) is 0. The van der Waals surface area contributed by atoms with E-state index >= 15 is 0 Å². The number of carbonyl (C=O) groups excluding carboxylic acids is 1. The molecule has 0 unspecified atom stereocenters. The fourth-order valence-electron chi connectivity index (χ4n) is 0.166. The fraction of sp³-hybridized carbons (Fsp3) is 0. The van der Waals surface area contributed by atoms with Crippen molar-refractivity contribution in [2.24, 2.45) is 0 Å². The summed E-state index contributed by atoms with van der Waals surface area (Å²) < 4.78 is 0. The minimum Gasteiger partial charge on any atom is -0.472 e. The lowest BCUT2D eigenvalue weighted by molar-refractivity contribution is -0.135. The largest absolute Gasteiger partial charge is 0.472 e. The Kier molecular flexibility index (Phi) is 2.57. The molecule has 0 aliphatic rings. The first kappa shape index (κ1) is 7.81. The van der Waals surface area contributed by atoms with Gasteiger partial charge in [-0.15, -0.1) is 0 Å². The van der Waals surface area contributed by atoms with E-state index in [1.807, 2.05) is 0 Å². The van der Waals surface area contributed by atoms with Crippen molar-refractivity contribution in [2.75, 3.05) is 0 Å². The van der Waals surface area contributed by atoms with Crippen molar-refractivity contribution in [1.82, 2.24) is 0 Å². The molecule has 6 heteroatoms. The van der Waals surface area contributed by atoms with E-state index < -0.39 is 16.9 Å². The van der Waals surface area contributed by atoms with E-state index in [-0.39, 0.29) is 0 Å². The van der Waals surface area contributed by atoms with Gasteiger partial charge in [-0.3, -0.25) is 4.79 Å². The molecule has 0 aromatic carbocycles. The second kappa shape index (κ2) is 2.96. The number of carbonyl (C=O) groups is 2. The third kappa shape index (κ3) is 2.03. The Bertz CT molecular complexity index is 189. The summed E-state index contributed by atoms with van der Waals surface area (Å²) in [6, 6.07) is 0. The lowest BCUT2D eigenvalue weighted by atomic mass is 10.4. The molecule has 0 spiro atoms. The number of hydrogen-bond acceptors (Lipinski definition) is 2. The van der Waals surface area contributed by atoms with E-state index in [4.69, 9.17) is 10.6 Å². The van der Waals surface area contributed by atoms with E-state index in [2.05, 4.69) is 16.4 Å². The van der Waals surface area contributed by atoms with Gasteiger partial charge in [0.15, 0.2) is 0 Å². The highest BCUT2D eigenvalue weighted by Gasteiger charge is 2.26. The molecule has 0 rings (SSSR count). The smallest absolute Gasteiger partial charge is 0.457 e. The maximum Gasteiger partial charge on any atom is 0.457 e. The molecule has 0 saturated heterocycles. The molecule has 48 valence electrons. The van der Waals surface area contributed by atoms with Gasteiger partial charge in [0.1, 0.15) is 0 Å². The summed E-state index contributed by atoms with van der Waals surface area (Å²) >= 11 is 4.63. The molecule has 0 atom stereocenters. The SMILES string of the molecule is [N-]=[N+]=C(C(=O)O)C(=O)Cl. The number of halogens is 1. The van der Waals surface area contributed by atoms with Gasteiger partial charge in [-0.1, -0.05) is 0 Å². The molecule has 0 radical (unpaired) electrons. The van der Waals surface area contributed by atoms with Gasteiger partial charge >= 0.3 is 16.9 Å².